The van der Waals surface area contributed by atoms with E-state index in [4.69, 9.17) is 0 Å². The van der Waals surface area contributed by atoms with Crippen molar-refractivity contribution in [2.45, 2.75) is 25.7 Å². The molecule has 0 fully saturated rings. The number of rotatable bonds is 0. The Hall–Kier alpha value is -6.24. The molecule has 0 nitrogen and oxygen atoms in total. The average molecular weight is 665 g/mol. The lowest BCUT2D eigenvalue weighted by Gasteiger charge is -2.22. The van der Waals surface area contributed by atoms with E-state index in [0.29, 0.717) is 0 Å². The molecule has 0 amide bonds. The first-order chi connectivity index (χ1) is 25.8. The molecule has 4 aliphatic rings. The monoisotopic (exact) mass is 664 g/mol. The minimum atomic E-state index is 1.10. The summed E-state index contributed by atoms with van der Waals surface area (Å²) in [6, 6.07) is 69.2. The molecular weight excluding hydrogens is 625 g/mol. The summed E-state index contributed by atoms with van der Waals surface area (Å²) in [4.78, 5) is 0. The third-order valence-corrected chi connectivity index (χ3v) is 10.8. The van der Waals surface area contributed by atoms with Crippen LogP contribution in [-0.4, -0.2) is 0 Å². The maximum absolute atomic E-state index is 2.24. The highest BCUT2D eigenvalue weighted by atomic mass is 14.2. The van der Waals surface area contributed by atoms with Gasteiger partial charge in [0, 0.05) is 0 Å². The lowest BCUT2D eigenvalue weighted by Crippen LogP contribution is -2.06. The van der Waals surface area contributed by atoms with E-state index in [1.165, 1.54) is 89.0 Å². The Morgan fingerprint density at radius 1 is 0.154 bits per heavy atom. The summed E-state index contributed by atoms with van der Waals surface area (Å²) in [5.74, 6) is 0. The van der Waals surface area contributed by atoms with Crippen molar-refractivity contribution in [2.24, 2.45) is 0 Å². The van der Waals surface area contributed by atoms with Crippen LogP contribution in [0.25, 0.3) is 44.5 Å². The van der Waals surface area contributed by atoms with E-state index < -0.39 is 0 Å². The predicted octanol–water partition coefficient (Wildman–Crippen LogP) is 13.0. The largest absolute Gasteiger partial charge is 0.0620 e. The molecule has 0 bridgehead atoms. The smallest absolute Gasteiger partial charge is 0.00135 e. The molecule has 4 aliphatic carbocycles. The summed E-state index contributed by atoms with van der Waals surface area (Å²) in [6.45, 7) is 0. The third kappa shape index (κ3) is 6.18. The lowest BCUT2D eigenvalue weighted by atomic mass is 9.81. The van der Waals surface area contributed by atoms with Gasteiger partial charge in [-0.3, -0.25) is 0 Å². The van der Waals surface area contributed by atoms with Gasteiger partial charge in [0.25, 0.3) is 0 Å². The van der Waals surface area contributed by atoms with Crippen LogP contribution in [0, 0.1) is 0 Å². The van der Waals surface area contributed by atoms with Crippen molar-refractivity contribution in [1.29, 1.82) is 0 Å². The van der Waals surface area contributed by atoms with Crippen molar-refractivity contribution in [3.8, 4) is 44.5 Å². The highest BCUT2D eigenvalue weighted by Gasteiger charge is 2.20. The van der Waals surface area contributed by atoms with Crippen molar-refractivity contribution in [3.05, 3.63) is 239 Å². The molecule has 0 atom stereocenters. The van der Waals surface area contributed by atoms with Crippen LogP contribution >= 0.6 is 0 Å². The molecule has 8 aromatic carbocycles. The Labute approximate surface area is 307 Å². The summed E-state index contributed by atoms with van der Waals surface area (Å²) < 4.78 is 0. The molecule has 248 valence electrons. The molecule has 8 aromatic rings. The fraction of sp³-hybridized carbons (Fsp3) is 0.0769. The Bertz CT molecular complexity index is 2170. The molecule has 12 rings (SSSR count). The van der Waals surface area contributed by atoms with Crippen LogP contribution < -0.4 is 0 Å². The normalized spacial score (nSPS) is 12.3. The first-order valence-electron chi connectivity index (χ1n) is 18.4. The van der Waals surface area contributed by atoms with Gasteiger partial charge in [0.1, 0.15) is 0 Å². The van der Waals surface area contributed by atoms with Gasteiger partial charge in [-0.1, -0.05) is 194 Å². The molecule has 0 N–H and O–H groups in total. The fourth-order valence-electron chi connectivity index (χ4n) is 8.22. The van der Waals surface area contributed by atoms with Gasteiger partial charge < -0.3 is 0 Å². The highest BCUT2D eigenvalue weighted by Crippen LogP contribution is 2.46. The first kappa shape index (κ1) is 31.7. The Kier molecular flexibility index (Phi) is 8.65. The molecule has 0 unspecified atom stereocenters. The molecule has 0 aliphatic heterocycles. The second-order valence-corrected chi connectivity index (χ2v) is 14.0. The summed E-state index contributed by atoms with van der Waals surface area (Å²) in [7, 11) is 0. The zero-order chi connectivity index (χ0) is 34.7. The zero-order valence-corrected chi connectivity index (χ0v) is 29.3. The molecule has 0 radical (unpaired) electrons. The average Bonchev–Trinajstić information content (AvgIpc) is 3.79. The maximum Gasteiger partial charge on any atom is -0.00135 e. The Morgan fingerprint density at radius 2 is 0.308 bits per heavy atom. The van der Waals surface area contributed by atoms with Crippen LogP contribution in [0.1, 0.15) is 44.5 Å². The van der Waals surface area contributed by atoms with Gasteiger partial charge in [-0.15, -0.1) is 0 Å². The minimum Gasteiger partial charge on any atom is -0.0620 e. The van der Waals surface area contributed by atoms with E-state index in [9.17, 15) is 0 Å². The summed E-state index contributed by atoms with van der Waals surface area (Å²) >= 11 is 0. The van der Waals surface area contributed by atoms with Gasteiger partial charge in [0.05, 0.1) is 0 Å². The topological polar surface area (TPSA) is 0 Å². The predicted molar refractivity (Wildman–Crippen MR) is 219 cm³/mol. The van der Waals surface area contributed by atoms with Crippen LogP contribution in [0.2, 0.25) is 0 Å². The molecule has 0 aromatic heterocycles. The van der Waals surface area contributed by atoms with Gasteiger partial charge in [0.15, 0.2) is 0 Å². The Balaban J connectivity index is 0.0000000924. The quantitative estimate of drug-likeness (QED) is 0.151. The molecule has 52 heavy (non-hydrogen) atoms. The lowest BCUT2D eigenvalue weighted by molar-refractivity contribution is 1.00. The van der Waals surface area contributed by atoms with Crippen molar-refractivity contribution < 1.29 is 0 Å². The van der Waals surface area contributed by atoms with Crippen LogP contribution in [0.4, 0.5) is 0 Å². The fourth-order valence-corrected chi connectivity index (χ4v) is 8.22. The molecule has 0 spiro atoms. The number of hydrogen-bond donors (Lipinski definition) is 0. The molecular formula is C52H40. The molecule has 0 saturated carbocycles. The van der Waals surface area contributed by atoms with Crippen LogP contribution in [0.5, 0.6) is 0 Å². The van der Waals surface area contributed by atoms with Crippen molar-refractivity contribution in [2.75, 3.05) is 0 Å². The van der Waals surface area contributed by atoms with E-state index in [0.717, 1.165) is 25.7 Å². The van der Waals surface area contributed by atoms with E-state index in [2.05, 4.69) is 194 Å². The van der Waals surface area contributed by atoms with E-state index >= 15 is 0 Å². The molecule has 0 heterocycles. The van der Waals surface area contributed by atoms with E-state index in [-0.39, 0.29) is 0 Å². The van der Waals surface area contributed by atoms with Gasteiger partial charge >= 0.3 is 0 Å². The summed E-state index contributed by atoms with van der Waals surface area (Å²) in [5, 5.41) is 0. The van der Waals surface area contributed by atoms with Gasteiger partial charge in [-0.05, 0) is 115 Å². The maximum atomic E-state index is 2.24. The van der Waals surface area contributed by atoms with Gasteiger partial charge in [0.2, 0.25) is 0 Å². The minimum absolute atomic E-state index is 1.10. The first-order valence-corrected chi connectivity index (χ1v) is 18.4. The summed E-state index contributed by atoms with van der Waals surface area (Å²) in [6.07, 6.45) is 4.41. The van der Waals surface area contributed by atoms with Crippen molar-refractivity contribution >= 4 is 0 Å². The van der Waals surface area contributed by atoms with E-state index in [1.54, 1.807) is 0 Å². The molecule has 0 heteroatoms. The van der Waals surface area contributed by atoms with Gasteiger partial charge in [-0.25, -0.2) is 0 Å². The Morgan fingerprint density at radius 3 is 0.538 bits per heavy atom. The van der Waals surface area contributed by atoms with Crippen LogP contribution in [-0.2, 0) is 25.7 Å². The molecule has 0 saturated heterocycles. The SMILES string of the molecule is c1ccc2c(c1)-c1ccccc1-2.c1ccc2c(c1)Cc1ccccc1-2.c1ccc2c(c1)Cc1ccccc1-2.c1ccc2c(c1)Cc1ccccc1C2. The van der Waals surface area contributed by atoms with Gasteiger partial charge in [-0.2, -0.15) is 0 Å². The van der Waals surface area contributed by atoms with Crippen LogP contribution in [0.15, 0.2) is 194 Å². The van der Waals surface area contributed by atoms with Crippen molar-refractivity contribution in [3.63, 3.8) is 0 Å². The van der Waals surface area contributed by atoms with Crippen molar-refractivity contribution in [1.82, 2.24) is 0 Å². The highest BCUT2D eigenvalue weighted by molar-refractivity contribution is 6.02. The van der Waals surface area contributed by atoms with Crippen LogP contribution in [0.3, 0.4) is 0 Å². The number of hydrogen-bond acceptors (Lipinski definition) is 0. The number of benzene rings is 8. The second-order valence-electron chi connectivity index (χ2n) is 14.0. The second kappa shape index (κ2) is 14.2. The zero-order valence-electron chi connectivity index (χ0n) is 29.3. The number of fused-ring (bicyclic) bond motifs is 12. The summed E-state index contributed by atoms with van der Waals surface area (Å²) in [5.41, 5.74) is 23.1. The standard InChI is InChI=1S/C14H12.2C13H10.C12H8/c1-2-6-12-10-14-8-4-3-7-13(14)9-11(12)5-1;2*1-3-7-12-10(5-1)9-11-6-2-4-8-13(11)12;1-2-6-10-9(5-1)11-7-3-4-8-12(10)11/h1-8H,9-10H2;2*1-8H,9H2;1-8H. The third-order valence-electron chi connectivity index (χ3n) is 10.8. The van der Waals surface area contributed by atoms with E-state index in [1.807, 2.05) is 0 Å².